The number of hydrogen-bond acceptors (Lipinski definition) is 2. The summed E-state index contributed by atoms with van der Waals surface area (Å²) in [6.07, 6.45) is 2.24. The van der Waals surface area contributed by atoms with Crippen molar-refractivity contribution in [3.8, 4) is 0 Å². The summed E-state index contributed by atoms with van der Waals surface area (Å²) in [7, 11) is 0. The van der Waals surface area contributed by atoms with Crippen molar-refractivity contribution in [3.63, 3.8) is 0 Å². The third kappa shape index (κ3) is 3.76. The monoisotopic (exact) mass is 221 g/mol. The van der Waals surface area contributed by atoms with Gasteiger partial charge in [-0.1, -0.05) is 34.8 Å². The molecule has 6 heteroatoms. The lowest BCUT2D eigenvalue weighted by Crippen LogP contribution is -2.36. The second kappa shape index (κ2) is 4.54. The van der Waals surface area contributed by atoms with E-state index in [9.17, 15) is 4.79 Å². The standard InChI is InChI=1S/C4H6Cl3NOS/c1-10-3(8-2-9)4(5,6)7/h2-3H,1H3,(H,8,9)/t3-/m1/s1. The van der Waals surface area contributed by atoms with E-state index in [1.165, 1.54) is 11.8 Å². The van der Waals surface area contributed by atoms with E-state index in [4.69, 9.17) is 34.8 Å². The number of amides is 1. The maximum absolute atomic E-state index is 9.92. The third-order valence-electron chi connectivity index (χ3n) is 0.752. The van der Waals surface area contributed by atoms with Crippen LogP contribution in [-0.2, 0) is 4.79 Å². The van der Waals surface area contributed by atoms with Gasteiger partial charge in [-0.25, -0.2) is 0 Å². The Morgan fingerprint density at radius 2 is 2.10 bits per heavy atom. The summed E-state index contributed by atoms with van der Waals surface area (Å²) in [6, 6.07) is 0. The quantitative estimate of drug-likeness (QED) is 0.448. The second-order valence-corrected chi connectivity index (χ2v) is 4.75. The Balaban J connectivity index is 3.92. The molecule has 0 fully saturated rings. The Kier molecular flexibility index (Phi) is 4.86. The number of halogens is 3. The molecule has 1 N–H and O–H groups in total. The van der Waals surface area contributed by atoms with Crippen molar-refractivity contribution in [1.82, 2.24) is 5.32 Å². The smallest absolute Gasteiger partial charge is 0.219 e. The maximum atomic E-state index is 9.92. The molecule has 0 aliphatic heterocycles. The molecule has 0 spiro atoms. The van der Waals surface area contributed by atoms with Crippen LogP contribution in [0.25, 0.3) is 0 Å². The summed E-state index contributed by atoms with van der Waals surface area (Å²) in [4.78, 5) is 9.92. The summed E-state index contributed by atoms with van der Waals surface area (Å²) >= 11 is 17.7. The lowest BCUT2D eigenvalue weighted by Gasteiger charge is -2.20. The van der Waals surface area contributed by atoms with Gasteiger partial charge < -0.3 is 5.32 Å². The van der Waals surface area contributed by atoms with Gasteiger partial charge in [-0.3, -0.25) is 4.79 Å². The van der Waals surface area contributed by atoms with E-state index in [-0.39, 0.29) is 0 Å². The van der Waals surface area contributed by atoms with Crippen LogP contribution in [0.2, 0.25) is 0 Å². The molecule has 0 heterocycles. The molecule has 0 aromatic heterocycles. The van der Waals surface area contributed by atoms with E-state index in [2.05, 4.69) is 5.32 Å². The first-order valence-corrected chi connectivity index (χ1v) is 4.73. The van der Waals surface area contributed by atoms with Crippen LogP contribution >= 0.6 is 46.6 Å². The summed E-state index contributed by atoms with van der Waals surface area (Å²) < 4.78 is -1.44. The fraction of sp³-hybridized carbons (Fsp3) is 0.750. The Morgan fingerprint density at radius 1 is 1.60 bits per heavy atom. The van der Waals surface area contributed by atoms with E-state index in [0.717, 1.165) is 0 Å². The predicted molar refractivity (Wildman–Crippen MR) is 46.8 cm³/mol. The van der Waals surface area contributed by atoms with Crippen molar-refractivity contribution in [1.29, 1.82) is 0 Å². The first kappa shape index (κ1) is 10.7. The molecule has 0 aromatic rings. The van der Waals surface area contributed by atoms with Gasteiger partial charge in [0.05, 0.1) is 0 Å². The van der Waals surface area contributed by atoms with Crippen molar-refractivity contribution in [3.05, 3.63) is 0 Å². The minimum absolute atomic E-state index is 0.491. The van der Waals surface area contributed by atoms with E-state index < -0.39 is 9.17 Å². The van der Waals surface area contributed by atoms with E-state index in [1.54, 1.807) is 6.26 Å². The normalized spacial score (nSPS) is 14.4. The van der Waals surface area contributed by atoms with Gasteiger partial charge in [0.25, 0.3) is 0 Å². The first-order valence-electron chi connectivity index (χ1n) is 2.31. The van der Waals surface area contributed by atoms with Crippen LogP contribution in [0.15, 0.2) is 0 Å². The molecule has 0 saturated heterocycles. The van der Waals surface area contributed by atoms with Gasteiger partial charge in [0.15, 0.2) is 0 Å². The maximum Gasteiger partial charge on any atom is 0.219 e. The molecule has 1 atom stereocenters. The molecule has 0 aliphatic carbocycles. The molecule has 0 radical (unpaired) electrons. The number of rotatable bonds is 3. The molecule has 0 aromatic carbocycles. The largest absolute Gasteiger partial charge is 0.343 e. The number of hydrogen-bond donors (Lipinski definition) is 1. The van der Waals surface area contributed by atoms with Gasteiger partial charge in [0.1, 0.15) is 5.37 Å². The highest BCUT2D eigenvalue weighted by molar-refractivity contribution is 7.99. The number of nitrogens with one attached hydrogen (secondary N) is 1. The predicted octanol–water partition coefficient (Wildman–Crippen LogP) is 1.79. The van der Waals surface area contributed by atoms with Gasteiger partial charge in [-0.2, -0.15) is 0 Å². The molecule has 2 nitrogen and oxygen atoms in total. The fourth-order valence-electron chi connectivity index (χ4n) is 0.358. The van der Waals surface area contributed by atoms with Crippen LogP contribution in [-0.4, -0.2) is 21.8 Å². The van der Waals surface area contributed by atoms with E-state index in [1.807, 2.05) is 0 Å². The third-order valence-corrected chi connectivity index (χ3v) is 2.76. The second-order valence-electron chi connectivity index (χ2n) is 1.44. The zero-order chi connectivity index (χ0) is 8.20. The molecule has 1 amide bonds. The van der Waals surface area contributed by atoms with Crippen LogP contribution < -0.4 is 5.32 Å². The van der Waals surface area contributed by atoms with Gasteiger partial charge >= 0.3 is 0 Å². The molecule has 10 heavy (non-hydrogen) atoms. The van der Waals surface area contributed by atoms with Crippen LogP contribution in [0.5, 0.6) is 0 Å². The zero-order valence-electron chi connectivity index (χ0n) is 5.11. The molecule has 0 aliphatic rings. The topological polar surface area (TPSA) is 29.1 Å². The Labute approximate surface area is 78.6 Å². The van der Waals surface area contributed by atoms with E-state index in [0.29, 0.717) is 6.41 Å². The molecular formula is C4H6Cl3NOS. The summed E-state index contributed by atoms with van der Waals surface area (Å²) in [5.41, 5.74) is 0. The van der Waals surface area contributed by atoms with Crippen LogP contribution in [0.4, 0.5) is 0 Å². The molecule has 0 bridgehead atoms. The molecule has 60 valence electrons. The average molecular weight is 223 g/mol. The van der Waals surface area contributed by atoms with Crippen molar-refractivity contribution < 1.29 is 4.79 Å². The SMILES string of the molecule is CS[C@@H](NC=O)C(Cl)(Cl)Cl. The zero-order valence-corrected chi connectivity index (χ0v) is 8.19. The van der Waals surface area contributed by atoms with Gasteiger partial charge in [-0.15, -0.1) is 11.8 Å². The minimum Gasteiger partial charge on any atom is -0.343 e. The van der Waals surface area contributed by atoms with Crippen molar-refractivity contribution in [2.75, 3.05) is 6.26 Å². The highest BCUT2D eigenvalue weighted by atomic mass is 35.6. The summed E-state index contributed by atoms with van der Waals surface area (Å²) in [5.74, 6) is 0. The number of thioether (sulfide) groups is 1. The molecular weight excluding hydrogens is 216 g/mol. The molecule has 0 saturated carbocycles. The van der Waals surface area contributed by atoms with Crippen molar-refractivity contribution in [2.45, 2.75) is 9.17 Å². The summed E-state index contributed by atoms with van der Waals surface area (Å²) in [6.45, 7) is 0. The highest BCUT2D eigenvalue weighted by Crippen LogP contribution is 2.34. The van der Waals surface area contributed by atoms with Gasteiger partial charge in [0, 0.05) is 0 Å². The lowest BCUT2D eigenvalue weighted by molar-refractivity contribution is -0.109. The summed E-state index contributed by atoms with van der Waals surface area (Å²) in [5, 5.41) is 1.87. The Morgan fingerprint density at radius 3 is 2.20 bits per heavy atom. The van der Waals surface area contributed by atoms with Crippen LogP contribution in [0.1, 0.15) is 0 Å². The van der Waals surface area contributed by atoms with Gasteiger partial charge in [0.2, 0.25) is 10.2 Å². The minimum atomic E-state index is -1.44. The van der Waals surface area contributed by atoms with Crippen molar-refractivity contribution in [2.24, 2.45) is 0 Å². The number of carbonyl (C=O) groups is 1. The van der Waals surface area contributed by atoms with Gasteiger partial charge in [-0.05, 0) is 6.26 Å². The molecule has 0 rings (SSSR count). The Bertz CT molecular complexity index is 116. The van der Waals surface area contributed by atoms with Crippen LogP contribution in [0, 0.1) is 0 Å². The fourth-order valence-corrected chi connectivity index (χ4v) is 1.81. The van der Waals surface area contributed by atoms with E-state index >= 15 is 0 Å². The number of carbonyl (C=O) groups excluding carboxylic acids is 1. The molecule has 0 unspecified atom stereocenters. The van der Waals surface area contributed by atoms with Crippen molar-refractivity contribution >= 4 is 53.0 Å². The number of alkyl halides is 3. The Hall–Kier alpha value is 0.690. The average Bonchev–Trinajstić information content (AvgIpc) is 1.80. The van der Waals surface area contributed by atoms with Crippen LogP contribution in [0.3, 0.4) is 0 Å². The lowest BCUT2D eigenvalue weighted by atomic mass is 10.7. The highest BCUT2D eigenvalue weighted by Gasteiger charge is 2.31. The first-order chi connectivity index (χ1) is 4.52.